The van der Waals surface area contributed by atoms with Gasteiger partial charge in [0.15, 0.2) is 0 Å². The topological polar surface area (TPSA) is 129 Å². The summed E-state index contributed by atoms with van der Waals surface area (Å²) < 4.78 is 0. The maximum absolute atomic E-state index is 12.6. The highest BCUT2D eigenvalue weighted by Gasteiger charge is 2.25. The average Bonchev–Trinajstić information content (AvgIpc) is 3.26. The van der Waals surface area contributed by atoms with Crippen LogP contribution in [-0.4, -0.2) is 22.8 Å². The fourth-order valence-electron chi connectivity index (χ4n) is 3.42. The summed E-state index contributed by atoms with van der Waals surface area (Å²) in [5.74, 6) is -0.392. The largest absolute Gasteiger partial charge is 0.361 e. The van der Waals surface area contributed by atoms with Gasteiger partial charge in [0.2, 0.25) is 5.91 Å². The first-order valence-electron chi connectivity index (χ1n) is 9.20. The maximum atomic E-state index is 12.6. The second-order valence-corrected chi connectivity index (χ2v) is 6.83. The number of urea groups is 1. The molecule has 150 valence electrons. The molecule has 8 nitrogen and oxygen atoms in total. The van der Waals surface area contributed by atoms with Gasteiger partial charge in [0.25, 0.3) is 5.91 Å². The predicted molar refractivity (Wildman–Crippen MR) is 117 cm³/mol. The number of anilines is 3. The first kappa shape index (κ1) is 19.0. The molecule has 0 spiro atoms. The number of H-pyrrole nitrogens is 1. The molecule has 4 rings (SSSR count). The van der Waals surface area contributed by atoms with Crippen LogP contribution in [-0.2, 0) is 9.59 Å². The monoisotopic (exact) mass is 401 g/mol. The Balaban J connectivity index is 1.73. The van der Waals surface area contributed by atoms with E-state index >= 15 is 0 Å². The Morgan fingerprint density at radius 2 is 1.80 bits per heavy atom. The van der Waals surface area contributed by atoms with Crippen molar-refractivity contribution in [3.8, 4) is 11.1 Å². The van der Waals surface area contributed by atoms with Crippen LogP contribution < -0.4 is 21.7 Å². The summed E-state index contributed by atoms with van der Waals surface area (Å²) in [5.41, 5.74) is 10.7. The van der Waals surface area contributed by atoms with E-state index < -0.39 is 6.03 Å². The molecule has 0 saturated heterocycles. The molecule has 0 radical (unpaired) electrons. The van der Waals surface area contributed by atoms with Crippen molar-refractivity contribution in [2.75, 3.05) is 16.0 Å². The van der Waals surface area contributed by atoms with Crippen LogP contribution in [0.5, 0.6) is 0 Å². The molecule has 0 atom stereocenters. The Labute approximate surface area is 172 Å². The standard InChI is InChI=1S/C22H19N5O3/c1-12(28)25-14-4-2-3-13(9-14)16-7-8-24-20(16)11-18-17-10-15(26-22(23)30)5-6-19(17)27-21(18)29/h2-11,24H,1H3,(H,25,28)(H,27,29)(H3,23,26,30)/b18-11-. The average molecular weight is 401 g/mol. The van der Waals surface area contributed by atoms with Crippen molar-refractivity contribution in [2.24, 2.45) is 5.73 Å². The van der Waals surface area contributed by atoms with Gasteiger partial charge in [-0.05, 0) is 48.0 Å². The molecule has 2 aromatic carbocycles. The fraction of sp³-hybridized carbons (Fsp3) is 0.0455. The lowest BCUT2D eigenvalue weighted by Gasteiger charge is -2.07. The Morgan fingerprint density at radius 1 is 1.00 bits per heavy atom. The molecule has 1 aliphatic rings. The van der Waals surface area contributed by atoms with E-state index in [1.165, 1.54) is 6.92 Å². The fourth-order valence-corrected chi connectivity index (χ4v) is 3.42. The van der Waals surface area contributed by atoms with Crippen molar-refractivity contribution >= 4 is 46.6 Å². The first-order chi connectivity index (χ1) is 14.4. The molecule has 3 aromatic rings. The predicted octanol–water partition coefficient (Wildman–Crippen LogP) is 3.62. The van der Waals surface area contributed by atoms with E-state index in [9.17, 15) is 14.4 Å². The third-order valence-electron chi connectivity index (χ3n) is 4.63. The molecule has 2 heterocycles. The highest BCUT2D eigenvalue weighted by molar-refractivity contribution is 6.35. The molecular formula is C22H19N5O3. The minimum absolute atomic E-state index is 0.150. The number of fused-ring (bicyclic) bond motifs is 1. The number of hydrogen-bond donors (Lipinski definition) is 5. The zero-order valence-corrected chi connectivity index (χ0v) is 16.1. The number of rotatable bonds is 4. The van der Waals surface area contributed by atoms with Crippen LogP contribution in [0.25, 0.3) is 22.8 Å². The van der Waals surface area contributed by atoms with Gasteiger partial charge in [0.05, 0.1) is 5.57 Å². The van der Waals surface area contributed by atoms with Gasteiger partial charge in [-0.15, -0.1) is 0 Å². The maximum Gasteiger partial charge on any atom is 0.316 e. The number of amides is 4. The summed E-state index contributed by atoms with van der Waals surface area (Å²) in [6.45, 7) is 1.45. The number of primary amides is 1. The van der Waals surface area contributed by atoms with Crippen LogP contribution >= 0.6 is 0 Å². The van der Waals surface area contributed by atoms with Gasteiger partial charge in [0, 0.05) is 47.0 Å². The van der Waals surface area contributed by atoms with Crippen molar-refractivity contribution in [3.05, 3.63) is 66.0 Å². The number of nitrogens with two attached hydrogens (primary N) is 1. The van der Waals surface area contributed by atoms with E-state index in [-0.39, 0.29) is 11.8 Å². The molecule has 0 bridgehead atoms. The van der Waals surface area contributed by atoms with Crippen molar-refractivity contribution in [3.63, 3.8) is 0 Å². The van der Waals surface area contributed by atoms with Gasteiger partial charge in [-0.1, -0.05) is 12.1 Å². The smallest absolute Gasteiger partial charge is 0.316 e. The van der Waals surface area contributed by atoms with Crippen LogP contribution in [0.4, 0.5) is 21.9 Å². The van der Waals surface area contributed by atoms with E-state index in [0.29, 0.717) is 28.2 Å². The second kappa shape index (κ2) is 7.59. The number of aromatic amines is 1. The molecule has 30 heavy (non-hydrogen) atoms. The zero-order chi connectivity index (χ0) is 21.3. The highest BCUT2D eigenvalue weighted by Crippen LogP contribution is 2.36. The van der Waals surface area contributed by atoms with Gasteiger partial charge < -0.3 is 26.7 Å². The normalized spacial score (nSPS) is 13.6. The van der Waals surface area contributed by atoms with Gasteiger partial charge >= 0.3 is 6.03 Å². The van der Waals surface area contributed by atoms with Crippen LogP contribution in [0.15, 0.2) is 54.7 Å². The number of hydrogen-bond acceptors (Lipinski definition) is 3. The minimum atomic E-state index is -0.677. The molecule has 6 N–H and O–H groups in total. The quantitative estimate of drug-likeness (QED) is 0.428. The molecular weight excluding hydrogens is 382 g/mol. The first-order valence-corrected chi connectivity index (χ1v) is 9.20. The third-order valence-corrected chi connectivity index (χ3v) is 4.63. The molecule has 0 saturated carbocycles. The Morgan fingerprint density at radius 3 is 2.57 bits per heavy atom. The number of carbonyl (C=O) groups excluding carboxylic acids is 3. The lowest BCUT2D eigenvalue weighted by molar-refractivity contribution is -0.114. The van der Waals surface area contributed by atoms with E-state index in [4.69, 9.17) is 5.73 Å². The number of aromatic nitrogens is 1. The van der Waals surface area contributed by atoms with Crippen molar-refractivity contribution < 1.29 is 14.4 Å². The molecule has 1 aromatic heterocycles. The number of benzene rings is 2. The summed E-state index contributed by atoms with van der Waals surface area (Å²) in [7, 11) is 0. The molecule has 0 aliphatic carbocycles. The highest BCUT2D eigenvalue weighted by atomic mass is 16.2. The Bertz CT molecular complexity index is 1210. The molecule has 0 unspecified atom stereocenters. The zero-order valence-electron chi connectivity index (χ0n) is 16.1. The van der Waals surface area contributed by atoms with Gasteiger partial charge in [-0.3, -0.25) is 9.59 Å². The van der Waals surface area contributed by atoms with Crippen molar-refractivity contribution in [1.82, 2.24) is 4.98 Å². The summed E-state index contributed by atoms with van der Waals surface area (Å²) in [6, 6.07) is 13.8. The minimum Gasteiger partial charge on any atom is -0.361 e. The lowest BCUT2D eigenvalue weighted by Crippen LogP contribution is -2.19. The summed E-state index contributed by atoms with van der Waals surface area (Å²) >= 11 is 0. The molecule has 0 fully saturated rings. The van der Waals surface area contributed by atoms with Crippen LogP contribution in [0, 0.1) is 0 Å². The van der Waals surface area contributed by atoms with Crippen molar-refractivity contribution in [1.29, 1.82) is 0 Å². The Hall–Kier alpha value is -4.33. The summed E-state index contributed by atoms with van der Waals surface area (Å²) in [4.78, 5) is 38.2. The summed E-state index contributed by atoms with van der Waals surface area (Å²) in [5, 5.41) is 8.10. The molecule has 4 amide bonds. The number of carbonyl (C=O) groups is 3. The lowest BCUT2D eigenvalue weighted by atomic mass is 10.0. The van der Waals surface area contributed by atoms with E-state index in [1.807, 2.05) is 30.3 Å². The van der Waals surface area contributed by atoms with E-state index in [2.05, 4.69) is 20.9 Å². The summed E-state index contributed by atoms with van der Waals surface area (Å²) in [6.07, 6.45) is 3.54. The number of nitrogens with one attached hydrogen (secondary N) is 4. The van der Waals surface area contributed by atoms with Gasteiger partial charge in [0.1, 0.15) is 0 Å². The van der Waals surface area contributed by atoms with Crippen LogP contribution in [0.3, 0.4) is 0 Å². The Kier molecular flexibility index (Phi) is 4.81. The second-order valence-electron chi connectivity index (χ2n) is 6.83. The van der Waals surface area contributed by atoms with Gasteiger partial charge in [-0.2, -0.15) is 0 Å². The SMILES string of the molecule is CC(=O)Nc1cccc(-c2cc[nH]c2/C=C2\C(=O)Nc3ccc(NC(N)=O)cc32)c1. The van der Waals surface area contributed by atoms with Gasteiger partial charge in [-0.25, -0.2) is 4.79 Å². The third kappa shape index (κ3) is 3.79. The van der Waals surface area contributed by atoms with Crippen LogP contribution in [0.2, 0.25) is 0 Å². The van der Waals surface area contributed by atoms with E-state index in [1.54, 1.807) is 30.5 Å². The van der Waals surface area contributed by atoms with Crippen LogP contribution in [0.1, 0.15) is 18.2 Å². The van der Waals surface area contributed by atoms with E-state index in [0.717, 1.165) is 16.8 Å². The molecule has 1 aliphatic heterocycles. The molecule has 8 heteroatoms. The van der Waals surface area contributed by atoms with Crippen molar-refractivity contribution in [2.45, 2.75) is 6.92 Å².